The first-order valence-corrected chi connectivity index (χ1v) is 31.8. The van der Waals surface area contributed by atoms with Crippen LogP contribution in [0.4, 0.5) is 0 Å². The zero-order valence-electron chi connectivity index (χ0n) is 53.3. The summed E-state index contributed by atoms with van der Waals surface area (Å²) < 4.78 is 93.4. The van der Waals surface area contributed by atoms with Gasteiger partial charge in [0.05, 0.1) is 73.1 Å². The van der Waals surface area contributed by atoms with Crippen molar-refractivity contribution in [1.29, 1.82) is 0 Å². The number of carbonyl (C=O) groups excluding carboxylic acids is 1. The summed E-state index contributed by atoms with van der Waals surface area (Å²) in [6.07, 6.45) is -19.4. The predicted molar refractivity (Wildman–Crippen MR) is 312 cm³/mol. The van der Waals surface area contributed by atoms with E-state index in [1.54, 1.807) is 34.1 Å². The van der Waals surface area contributed by atoms with Gasteiger partial charge in [-0.3, -0.25) is 0 Å². The molecular weight excluding hydrogens is 1180 g/mol. The van der Waals surface area contributed by atoms with E-state index in [1.807, 2.05) is 57.2 Å². The van der Waals surface area contributed by atoms with E-state index in [1.165, 1.54) is 34.1 Å². The number of rotatable bonds is 19. The molecule has 5 saturated heterocycles. The highest BCUT2D eigenvalue weighted by molar-refractivity contribution is 5.87. The van der Waals surface area contributed by atoms with Crippen molar-refractivity contribution >= 4 is 12.0 Å². The molecule has 10 N–H and O–H groups in total. The third kappa shape index (κ3) is 12.5. The monoisotopic (exact) mass is 1280 g/mol. The minimum atomic E-state index is -2.11. The Balaban J connectivity index is 0.735. The van der Waals surface area contributed by atoms with Crippen LogP contribution in [0.2, 0.25) is 0 Å². The summed E-state index contributed by atoms with van der Waals surface area (Å²) in [5.74, 6) is -1.88. The molecule has 4 aliphatic carbocycles. The quantitative estimate of drug-likeness (QED) is 0.0520. The van der Waals surface area contributed by atoms with Gasteiger partial charge in [0.15, 0.2) is 31.5 Å². The second-order valence-corrected chi connectivity index (χ2v) is 26.9. The molecule has 0 aromatic heterocycles. The molecule has 5 heterocycles. The van der Waals surface area contributed by atoms with E-state index in [9.17, 15) is 55.9 Å². The minimum Gasteiger partial charge on any atom is -0.456 e. The minimum absolute atomic E-state index is 0.0797. The van der Waals surface area contributed by atoms with Gasteiger partial charge in [0.2, 0.25) is 0 Å². The molecule has 1 aromatic carbocycles. The van der Waals surface area contributed by atoms with Crippen molar-refractivity contribution in [2.24, 2.45) is 16.7 Å². The molecule has 0 amide bonds. The van der Waals surface area contributed by atoms with Crippen LogP contribution in [-0.2, 0) is 75.8 Å². The third-order valence-corrected chi connectivity index (χ3v) is 21.9. The van der Waals surface area contributed by atoms with Crippen LogP contribution in [0.3, 0.4) is 0 Å². The van der Waals surface area contributed by atoms with Crippen molar-refractivity contribution in [3.05, 3.63) is 53.6 Å². The zero-order valence-corrected chi connectivity index (χ0v) is 53.3. The van der Waals surface area contributed by atoms with Crippen LogP contribution in [0.15, 0.2) is 48.1 Å². The van der Waals surface area contributed by atoms with E-state index in [4.69, 9.17) is 71.1 Å². The molecule has 510 valence electrons. The molecule has 3 saturated carbocycles. The van der Waals surface area contributed by atoms with Crippen LogP contribution in [-0.4, -0.2) is 269 Å². The van der Waals surface area contributed by atoms with Crippen molar-refractivity contribution in [2.75, 3.05) is 35.0 Å². The van der Waals surface area contributed by atoms with Crippen molar-refractivity contribution in [1.82, 2.24) is 0 Å². The number of methoxy groups -OCH3 is 4. The second kappa shape index (κ2) is 27.7. The van der Waals surface area contributed by atoms with E-state index in [-0.39, 0.29) is 38.2 Å². The van der Waals surface area contributed by atoms with Gasteiger partial charge in [-0.15, -0.1) is 0 Å². The van der Waals surface area contributed by atoms with Gasteiger partial charge in [0, 0.05) is 59.7 Å². The highest BCUT2D eigenvalue weighted by Crippen LogP contribution is 2.71. The lowest BCUT2D eigenvalue weighted by Crippen LogP contribution is -2.82. The number of esters is 1. The Kier molecular flexibility index (Phi) is 21.6. The molecule has 32 atom stereocenters. The Morgan fingerprint density at radius 1 is 0.633 bits per heavy atom. The van der Waals surface area contributed by atoms with Crippen LogP contribution >= 0.6 is 0 Å². The fourth-order valence-electron chi connectivity index (χ4n) is 16.8. The first-order chi connectivity index (χ1) is 42.6. The number of hydrogen-bond acceptors (Lipinski definition) is 26. The van der Waals surface area contributed by atoms with Gasteiger partial charge in [-0.25, -0.2) is 4.79 Å². The fraction of sp³-hybridized carbons (Fsp3) is 0.828. The standard InChI is InChI=1S/C64H98O26/c1-30-51(87-44-27-39(77-9)52(31(2)81-44)88-45-28-40(78-10)53(32(3)82-45)89-59-49(71)55(79-11)54(33(4)83-59)90-58-48(70)47(69)46(68)41(29-65)85-58)38(76-8)26-43(80-30)84-37-20-21-60(6)36(25-37)19-22-63(74)56(60)50(72)57(86-42(67)18-17-35-15-13-12-14-16-35)61(7)62(73,34(5)66)23-24-64(61,63)75/h12-19,30-34,37-41,43-59,65-66,68-75H,20-29H2,1-11H3. The molecule has 32 unspecified atom stereocenters. The first kappa shape index (κ1) is 70.0. The van der Waals surface area contributed by atoms with Crippen LogP contribution in [0.25, 0.3) is 6.08 Å². The highest BCUT2D eigenvalue weighted by atomic mass is 16.8. The third-order valence-electron chi connectivity index (χ3n) is 21.9. The predicted octanol–water partition coefficient (Wildman–Crippen LogP) is 0.793. The Labute approximate surface area is 525 Å². The summed E-state index contributed by atoms with van der Waals surface area (Å²) in [6, 6.07) is 9.10. The number of fused-ring (bicyclic) bond motifs is 5. The number of aliphatic hydroxyl groups excluding tert-OH is 7. The molecule has 26 heteroatoms. The van der Waals surface area contributed by atoms with Gasteiger partial charge in [-0.2, -0.15) is 0 Å². The first-order valence-electron chi connectivity index (χ1n) is 31.8. The molecule has 0 spiro atoms. The van der Waals surface area contributed by atoms with Crippen molar-refractivity contribution in [3.8, 4) is 0 Å². The topological polar surface area (TPSA) is 358 Å². The number of hydrogen-bond donors (Lipinski definition) is 10. The number of benzene rings is 1. The van der Waals surface area contributed by atoms with Crippen molar-refractivity contribution in [3.63, 3.8) is 0 Å². The van der Waals surface area contributed by atoms with Gasteiger partial charge in [0.1, 0.15) is 83.9 Å². The van der Waals surface area contributed by atoms with E-state index >= 15 is 0 Å². The van der Waals surface area contributed by atoms with Crippen LogP contribution < -0.4 is 0 Å². The lowest BCUT2D eigenvalue weighted by Gasteiger charge is -2.68. The largest absolute Gasteiger partial charge is 0.456 e. The number of ether oxygens (including phenoxy) is 15. The average molecular weight is 1280 g/mol. The lowest BCUT2D eigenvalue weighted by molar-refractivity contribution is -0.374. The maximum absolute atomic E-state index is 13.7. The number of carbonyl (C=O) groups is 1. The normalized spacial score (nSPS) is 50.1. The van der Waals surface area contributed by atoms with Crippen molar-refractivity contribution in [2.45, 2.75) is 283 Å². The van der Waals surface area contributed by atoms with E-state index in [2.05, 4.69) is 0 Å². The number of aliphatic hydroxyl groups is 10. The van der Waals surface area contributed by atoms with E-state index in [0.717, 1.165) is 11.1 Å². The molecule has 10 rings (SSSR count). The van der Waals surface area contributed by atoms with Crippen molar-refractivity contribution < 1.29 is 127 Å². The maximum atomic E-state index is 13.7. The Morgan fingerprint density at radius 3 is 1.71 bits per heavy atom. The van der Waals surface area contributed by atoms with Crippen LogP contribution in [0, 0.1) is 16.7 Å². The summed E-state index contributed by atoms with van der Waals surface area (Å²) in [7, 11) is 6.07. The molecular formula is C64H98O26. The summed E-state index contributed by atoms with van der Waals surface area (Å²) in [5.41, 5.74) is -7.38. The summed E-state index contributed by atoms with van der Waals surface area (Å²) in [4.78, 5) is 13.7. The summed E-state index contributed by atoms with van der Waals surface area (Å²) in [5, 5.41) is 115. The van der Waals surface area contributed by atoms with Gasteiger partial charge in [-0.05, 0) is 90.2 Å². The summed E-state index contributed by atoms with van der Waals surface area (Å²) in [6.45, 7) is 11.3. The molecule has 26 nitrogen and oxygen atoms in total. The highest BCUT2D eigenvalue weighted by Gasteiger charge is 2.83. The molecule has 1 aromatic rings. The molecule has 0 radical (unpaired) electrons. The maximum Gasteiger partial charge on any atom is 0.331 e. The average Bonchev–Trinajstić information content (AvgIpc) is 1.33. The van der Waals surface area contributed by atoms with E-state index < -0.39 is 200 Å². The SMILES string of the molecule is COC1CC(OC2CCC3(C)C(=CCC4(O)C3C(O)C(OC(=O)C=Cc3ccccc3)C3(C)C(O)(C(C)O)CCC43O)C2)OC(C)C1OC1CC(OC)C(OC2CC(OC)C(OC3OC(C)C(OC4OC(CO)C(O)C(O)C4O)C(OC)C3O)C(C)O2)C(C)O1. The molecule has 9 aliphatic rings. The van der Waals surface area contributed by atoms with E-state index in [0.29, 0.717) is 25.7 Å². The van der Waals surface area contributed by atoms with Gasteiger partial charge in [-0.1, -0.05) is 55.8 Å². The summed E-state index contributed by atoms with van der Waals surface area (Å²) >= 11 is 0. The lowest BCUT2D eigenvalue weighted by atomic mass is 9.41. The van der Waals surface area contributed by atoms with Gasteiger partial charge >= 0.3 is 5.97 Å². The fourth-order valence-corrected chi connectivity index (χ4v) is 16.8. The molecule has 8 fully saturated rings. The molecule has 5 aliphatic heterocycles. The second-order valence-electron chi connectivity index (χ2n) is 26.9. The Morgan fingerprint density at radius 2 is 1.17 bits per heavy atom. The zero-order chi connectivity index (χ0) is 65.2. The Hall–Kier alpha value is -2.79. The van der Waals surface area contributed by atoms with Crippen LogP contribution in [0.5, 0.6) is 0 Å². The Bertz CT molecular complexity index is 2620. The molecule has 0 bridgehead atoms. The van der Waals surface area contributed by atoms with Crippen LogP contribution in [0.1, 0.15) is 112 Å². The van der Waals surface area contributed by atoms with Gasteiger partial charge < -0.3 is 122 Å². The molecule has 90 heavy (non-hydrogen) atoms. The smallest absolute Gasteiger partial charge is 0.331 e. The van der Waals surface area contributed by atoms with Gasteiger partial charge in [0.25, 0.3) is 0 Å².